The summed E-state index contributed by atoms with van der Waals surface area (Å²) in [7, 11) is 0. The highest BCUT2D eigenvalue weighted by molar-refractivity contribution is 5.53. The SMILES string of the molecule is CC(C)c1ccc2c(n1)NC(C[C@@H](C)C1CCc3cccnc3N1)CO2. The predicted octanol–water partition coefficient (Wildman–Crippen LogP) is 4.23. The molecule has 2 aromatic rings. The van der Waals surface area contributed by atoms with Crippen LogP contribution >= 0.6 is 0 Å². The average molecular weight is 352 g/mol. The van der Waals surface area contributed by atoms with Gasteiger partial charge in [0.25, 0.3) is 0 Å². The Labute approximate surface area is 155 Å². The first kappa shape index (κ1) is 17.1. The van der Waals surface area contributed by atoms with Crippen molar-refractivity contribution in [1.82, 2.24) is 9.97 Å². The third kappa shape index (κ3) is 3.48. The van der Waals surface area contributed by atoms with Gasteiger partial charge in [-0.05, 0) is 54.9 Å². The van der Waals surface area contributed by atoms with Crippen LogP contribution in [0.15, 0.2) is 30.5 Å². The molecule has 2 aliphatic rings. The number of fused-ring (bicyclic) bond motifs is 2. The van der Waals surface area contributed by atoms with Crippen molar-refractivity contribution >= 4 is 11.6 Å². The summed E-state index contributed by atoms with van der Waals surface area (Å²) in [5.41, 5.74) is 2.43. The molecule has 0 aromatic carbocycles. The van der Waals surface area contributed by atoms with E-state index in [1.807, 2.05) is 18.3 Å². The molecule has 0 saturated heterocycles. The Kier molecular flexibility index (Phi) is 4.70. The zero-order chi connectivity index (χ0) is 18.1. The fourth-order valence-corrected chi connectivity index (χ4v) is 3.92. The number of anilines is 2. The van der Waals surface area contributed by atoms with Crippen LogP contribution in [-0.4, -0.2) is 28.7 Å². The summed E-state index contributed by atoms with van der Waals surface area (Å²) in [5, 5.41) is 7.24. The normalized spacial score (nSPS) is 22.5. The Bertz CT molecular complexity index is 776. The number of pyridine rings is 2. The molecule has 138 valence electrons. The van der Waals surface area contributed by atoms with Gasteiger partial charge in [0.1, 0.15) is 12.4 Å². The molecule has 0 saturated carbocycles. The molecule has 2 aliphatic heterocycles. The number of ether oxygens (including phenoxy) is 1. The Morgan fingerprint density at radius 2 is 2.04 bits per heavy atom. The summed E-state index contributed by atoms with van der Waals surface area (Å²) in [6.07, 6.45) is 5.17. The molecular weight excluding hydrogens is 324 g/mol. The standard InChI is InChI=1S/C21H28N4O/c1-13(2)17-8-9-19-21(24-17)23-16(12-26-19)11-14(3)18-7-6-15-5-4-10-22-20(15)25-18/h4-5,8-10,13-14,16,18H,6-7,11-12H2,1-3H3,(H,22,25)(H,23,24)/t14-,16?,18?/m1/s1. The molecule has 4 heterocycles. The maximum absolute atomic E-state index is 5.96. The van der Waals surface area contributed by atoms with Gasteiger partial charge >= 0.3 is 0 Å². The Balaban J connectivity index is 1.40. The molecule has 0 fully saturated rings. The topological polar surface area (TPSA) is 59.1 Å². The third-order valence-corrected chi connectivity index (χ3v) is 5.53. The van der Waals surface area contributed by atoms with Gasteiger partial charge in [-0.15, -0.1) is 0 Å². The van der Waals surface area contributed by atoms with Crippen molar-refractivity contribution in [2.75, 3.05) is 17.2 Å². The van der Waals surface area contributed by atoms with E-state index in [1.165, 1.54) is 5.56 Å². The predicted molar refractivity (Wildman–Crippen MR) is 105 cm³/mol. The van der Waals surface area contributed by atoms with Crippen LogP contribution in [0.3, 0.4) is 0 Å². The summed E-state index contributed by atoms with van der Waals surface area (Å²) in [6.45, 7) is 7.35. The molecule has 4 rings (SSSR count). The van der Waals surface area contributed by atoms with Crippen molar-refractivity contribution in [3.05, 3.63) is 41.7 Å². The summed E-state index contributed by atoms with van der Waals surface area (Å²) >= 11 is 0. The van der Waals surface area contributed by atoms with E-state index in [0.29, 0.717) is 30.5 Å². The van der Waals surface area contributed by atoms with Gasteiger partial charge in [0.05, 0.1) is 6.04 Å². The Hall–Kier alpha value is -2.30. The second-order valence-electron chi connectivity index (χ2n) is 7.90. The lowest BCUT2D eigenvalue weighted by atomic mass is 9.87. The molecule has 0 aliphatic carbocycles. The highest BCUT2D eigenvalue weighted by atomic mass is 16.5. The highest BCUT2D eigenvalue weighted by Gasteiger charge is 2.28. The van der Waals surface area contributed by atoms with Crippen molar-refractivity contribution < 1.29 is 4.74 Å². The molecular formula is C21H28N4O. The van der Waals surface area contributed by atoms with Crippen molar-refractivity contribution in [3.8, 4) is 5.75 Å². The Morgan fingerprint density at radius 1 is 1.15 bits per heavy atom. The lowest BCUT2D eigenvalue weighted by molar-refractivity contribution is 0.255. The summed E-state index contributed by atoms with van der Waals surface area (Å²) in [6, 6.07) is 9.03. The van der Waals surface area contributed by atoms with E-state index < -0.39 is 0 Å². The number of aromatic nitrogens is 2. The van der Waals surface area contributed by atoms with E-state index in [2.05, 4.69) is 48.5 Å². The second-order valence-corrected chi connectivity index (χ2v) is 7.90. The van der Waals surface area contributed by atoms with Crippen LogP contribution in [0.5, 0.6) is 5.75 Å². The maximum atomic E-state index is 5.96. The minimum Gasteiger partial charge on any atom is -0.488 e. The van der Waals surface area contributed by atoms with Crippen LogP contribution in [0, 0.1) is 5.92 Å². The van der Waals surface area contributed by atoms with E-state index in [4.69, 9.17) is 9.72 Å². The minimum absolute atomic E-state index is 0.291. The molecule has 0 spiro atoms. The number of nitrogens with zero attached hydrogens (tertiary/aromatic N) is 2. The van der Waals surface area contributed by atoms with Crippen molar-refractivity contribution in [1.29, 1.82) is 0 Å². The summed E-state index contributed by atoms with van der Waals surface area (Å²) in [5.74, 6) is 3.76. The number of aryl methyl sites for hydroxylation is 1. The van der Waals surface area contributed by atoms with Crippen LogP contribution in [0.25, 0.3) is 0 Å². The summed E-state index contributed by atoms with van der Waals surface area (Å²) < 4.78 is 5.96. The van der Waals surface area contributed by atoms with Crippen molar-refractivity contribution in [3.63, 3.8) is 0 Å². The zero-order valence-electron chi connectivity index (χ0n) is 15.8. The molecule has 0 bridgehead atoms. The fraction of sp³-hybridized carbons (Fsp3) is 0.524. The number of nitrogens with one attached hydrogen (secondary N) is 2. The summed E-state index contributed by atoms with van der Waals surface area (Å²) in [4.78, 5) is 9.24. The highest BCUT2D eigenvalue weighted by Crippen LogP contribution is 2.32. The van der Waals surface area contributed by atoms with E-state index in [1.54, 1.807) is 0 Å². The molecule has 2 unspecified atom stereocenters. The lowest BCUT2D eigenvalue weighted by Crippen LogP contribution is -2.39. The second kappa shape index (κ2) is 7.14. The molecule has 0 radical (unpaired) electrons. The molecule has 5 nitrogen and oxygen atoms in total. The van der Waals surface area contributed by atoms with Gasteiger partial charge in [0.2, 0.25) is 0 Å². The van der Waals surface area contributed by atoms with Crippen molar-refractivity contribution in [2.24, 2.45) is 5.92 Å². The number of hydrogen-bond acceptors (Lipinski definition) is 5. The van der Waals surface area contributed by atoms with Crippen LogP contribution in [0.1, 0.15) is 50.8 Å². The van der Waals surface area contributed by atoms with Gasteiger partial charge in [0.15, 0.2) is 11.6 Å². The van der Waals surface area contributed by atoms with Gasteiger partial charge < -0.3 is 15.4 Å². The Morgan fingerprint density at radius 3 is 2.88 bits per heavy atom. The first-order chi connectivity index (χ1) is 12.6. The molecule has 2 N–H and O–H groups in total. The quantitative estimate of drug-likeness (QED) is 0.862. The fourth-order valence-electron chi connectivity index (χ4n) is 3.92. The van der Waals surface area contributed by atoms with E-state index in [9.17, 15) is 0 Å². The number of hydrogen-bond donors (Lipinski definition) is 2. The molecule has 3 atom stereocenters. The van der Waals surface area contributed by atoms with E-state index in [0.717, 1.165) is 42.3 Å². The largest absolute Gasteiger partial charge is 0.488 e. The first-order valence-corrected chi connectivity index (χ1v) is 9.71. The average Bonchev–Trinajstić information content (AvgIpc) is 2.67. The number of rotatable bonds is 4. The van der Waals surface area contributed by atoms with E-state index >= 15 is 0 Å². The van der Waals surface area contributed by atoms with Crippen LogP contribution in [-0.2, 0) is 6.42 Å². The van der Waals surface area contributed by atoms with Crippen molar-refractivity contribution in [2.45, 2.75) is 58.0 Å². The monoisotopic (exact) mass is 352 g/mol. The first-order valence-electron chi connectivity index (χ1n) is 9.71. The molecule has 2 aromatic heterocycles. The van der Waals surface area contributed by atoms with Crippen LogP contribution in [0.4, 0.5) is 11.6 Å². The zero-order valence-corrected chi connectivity index (χ0v) is 15.8. The lowest BCUT2D eigenvalue weighted by Gasteiger charge is -2.34. The van der Waals surface area contributed by atoms with Gasteiger partial charge in [-0.1, -0.05) is 26.8 Å². The minimum atomic E-state index is 0.291. The van der Waals surface area contributed by atoms with Gasteiger partial charge in [-0.25, -0.2) is 9.97 Å². The molecule has 0 amide bonds. The van der Waals surface area contributed by atoms with Crippen LogP contribution in [0.2, 0.25) is 0 Å². The van der Waals surface area contributed by atoms with Gasteiger partial charge in [0, 0.05) is 17.9 Å². The molecule has 5 heteroatoms. The maximum Gasteiger partial charge on any atom is 0.169 e. The van der Waals surface area contributed by atoms with Gasteiger partial charge in [-0.3, -0.25) is 0 Å². The van der Waals surface area contributed by atoms with E-state index in [-0.39, 0.29) is 0 Å². The van der Waals surface area contributed by atoms with Crippen LogP contribution < -0.4 is 15.4 Å². The molecule has 26 heavy (non-hydrogen) atoms. The third-order valence-electron chi connectivity index (χ3n) is 5.53. The smallest absolute Gasteiger partial charge is 0.169 e. The van der Waals surface area contributed by atoms with Gasteiger partial charge in [-0.2, -0.15) is 0 Å².